The number of nitrogens with one attached hydrogen (secondary N) is 3. The predicted molar refractivity (Wildman–Crippen MR) is 92.1 cm³/mol. The number of nitrogens with zero attached hydrogens (tertiary/aromatic N) is 2. The summed E-state index contributed by atoms with van der Waals surface area (Å²) in [5.41, 5.74) is 2.63. The maximum atomic E-state index is 12.5. The highest BCUT2D eigenvalue weighted by Crippen LogP contribution is 2.31. The largest absolute Gasteiger partial charge is 0.348 e. The van der Waals surface area contributed by atoms with E-state index in [0.29, 0.717) is 12.4 Å². The van der Waals surface area contributed by atoms with Crippen molar-refractivity contribution in [3.8, 4) is 0 Å². The first kappa shape index (κ1) is 16.9. The minimum atomic E-state index is -0.418. The van der Waals surface area contributed by atoms with E-state index in [0.717, 1.165) is 23.2 Å². The summed E-state index contributed by atoms with van der Waals surface area (Å²) in [5, 5.41) is 8.70. The summed E-state index contributed by atoms with van der Waals surface area (Å²) in [6.07, 6.45) is 1.00. The molecular formula is C17H21N5O3. The van der Waals surface area contributed by atoms with Crippen LogP contribution in [-0.2, 0) is 22.6 Å². The predicted octanol–water partition coefficient (Wildman–Crippen LogP) is 0.638. The fourth-order valence-electron chi connectivity index (χ4n) is 3.19. The molecule has 0 spiro atoms. The third kappa shape index (κ3) is 3.47. The van der Waals surface area contributed by atoms with Crippen LogP contribution < -0.4 is 15.9 Å². The summed E-state index contributed by atoms with van der Waals surface area (Å²) >= 11 is 0. The monoisotopic (exact) mass is 343 g/mol. The molecule has 0 bridgehead atoms. The highest BCUT2D eigenvalue weighted by molar-refractivity contribution is 6.01. The van der Waals surface area contributed by atoms with Gasteiger partial charge in [-0.3, -0.25) is 14.6 Å². The van der Waals surface area contributed by atoms with Crippen LogP contribution >= 0.6 is 0 Å². The molecule has 0 unspecified atom stereocenters. The SMILES string of the molecule is CCc1cccc(C)c1N1C[C@H](C(=O)NCc2n[nH]c(=O)[nH]2)CC1=O. The summed E-state index contributed by atoms with van der Waals surface area (Å²) in [4.78, 5) is 40.0. The topological polar surface area (TPSA) is 111 Å². The number of benzene rings is 1. The van der Waals surface area contributed by atoms with Crippen LogP contribution in [0.2, 0.25) is 0 Å². The number of rotatable bonds is 5. The lowest BCUT2D eigenvalue weighted by Crippen LogP contribution is -2.33. The van der Waals surface area contributed by atoms with Gasteiger partial charge >= 0.3 is 5.69 Å². The Hall–Kier alpha value is -2.90. The lowest BCUT2D eigenvalue weighted by Gasteiger charge is -2.22. The average molecular weight is 343 g/mol. The maximum absolute atomic E-state index is 12.5. The molecule has 2 aromatic rings. The van der Waals surface area contributed by atoms with Crippen LogP contribution in [0.5, 0.6) is 0 Å². The van der Waals surface area contributed by atoms with Crippen LogP contribution in [0, 0.1) is 12.8 Å². The maximum Gasteiger partial charge on any atom is 0.340 e. The Morgan fingerprint density at radius 3 is 2.88 bits per heavy atom. The Labute approximate surface area is 144 Å². The number of amides is 2. The van der Waals surface area contributed by atoms with Gasteiger partial charge in [0.15, 0.2) is 0 Å². The Morgan fingerprint density at radius 2 is 2.20 bits per heavy atom. The van der Waals surface area contributed by atoms with Crippen LogP contribution in [0.1, 0.15) is 30.3 Å². The zero-order valence-electron chi connectivity index (χ0n) is 14.3. The fraction of sp³-hybridized carbons (Fsp3) is 0.412. The summed E-state index contributed by atoms with van der Waals surface area (Å²) < 4.78 is 0. The first-order valence-corrected chi connectivity index (χ1v) is 8.29. The van der Waals surface area contributed by atoms with E-state index in [-0.39, 0.29) is 24.8 Å². The number of hydrogen-bond donors (Lipinski definition) is 3. The van der Waals surface area contributed by atoms with E-state index in [2.05, 4.69) is 20.5 Å². The van der Waals surface area contributed by atoms with Crippen molar-refractivity contribution in [3.63, 3.8) is 0 Å². The van der Waals surface area contributed by atoms with Crippen LogP contribution in [-0.4, -0.2) is 33.5 Å². The molecule has 1 aliphatic rings. The Morgan fingerprint density at radius 1 is 1.40 bits per heavy atom. The van der Waals surface area contributed by atoms with Crippen molar-refractivity contribution in [1.29, 1.82) is 0 Å². The summed E-state index contributed by atoms with van der Waals surface area (Å²) in [6.45, 7) is 4.50. The van der Waals surface area contributed by atoms with Crippen molar-refractivity contribution in [2.75, 3.05) is 11.4 Å². The lowest BCUT2D eigenvalue weighted by molar-refractivity contribution is -0.126. The van der Waals surface area contributed by atoms with Gasteiger partial charge in [-0.15, -0.1) is 0 Å². The van der Waals surface area contributed by atoms with E-state index < -0.39 is 11.6 Å². The molecule has 132 valence electrons. The molecule has 8 heteroatoms. The molecule has 3 N–H and O–H groups in total. The van der Waals surface area contributed by atoms with Crippen LogP contribution in [0.3, 0.4) is 0 Å². The number of aromatic amines is 2. The summed E-state index contributed by atoms with van der Waals surface area (Å²) in [5.74, 6) is -0.321. The third-order valence-electron chi connectivity index (χ3n) is 4.45. The van der Waals surface area contributed by atoms with Crippen molar-refractivity contribution in [1.82, 2.24) is 20.5 Å². The number of H-pyrrole nitrogens is 2. The number of hydrogen-bond acceptors (Lipinski definition) is 4. The van der Waals surface area contributed by atoms with E-state index in [9.17, 15) is 14.4 Å². The Kier molecular flexibility index (Phi) is 4.69. The molecule has 1 aliphatic heterocycles. The van der Waals surface area contributed by atoms with Gasteiger partial charge in [0, 0.05) is 18.7 Å². The van der Waals surface area contributed by atoms with Crippen molar-refractivity contribution in [2.24, 2.45) is 5.92 Å². The first-order chi connectivity index (χ1) is 12.0. The highest BCUT2D eigenvalue weighted by Gasteiger charge is 2.36. The third-order valence-corrected chi connectivity index (χ3v) is 4.45. The van der Waals surface area contributed by atoms with Gasteiger partial charge in [0.1, 0.15) is 5.82 Å². The molecule has 0 aliphatic carbocycles. The molecule has 0 radical (unpaired) electrons. The van der Waals surface area contributed by atoms with Crippen LogP contribution in [0.25, 0.3) is 0 Å². The molecule has 8 nitrogen and oxygen atoms in total. The molecule has 1 fully saturated rings. The highest BCUT2D eigenvalue weighted by atomic mass is 16.2. The van der Waals surface area contributed by atoms with Gasteiger partial charge in [0.25, 0.3) is 0 Å². The number of aromatic nitrogens is 3. The normalized spacial score (nSPS) is 17.1. The lowest BCUT2D eigenvalue weighted by atomic mass is 10.0. The van der Waals surface area contributed by atoms with E-state index in [4.69, 9.17) is 0 Å². The van der Waals surface area contributed by atoms with Crippen molar-refractivity contribution in [3.05, 3.63) is 45.6 Å². The Bertz CT molecular complexity index is 854. The second-order valence-corrected chi connectivity index (χ2v) is 6.18. The molecule has 25 heavy (non-hydrogen) atoms. The molecule has 1 atom stereocenters. The van der Waals surface area contributed by atoms with E-state index in [1.165, 1.54) is 0 Å². The van der Waals surface area contributed by atoms with Crippen molar-refractivity contribution in [2.45, 2.75) is 33.2 Å². The summed E-state index contributed by atoms with van der Waals surface area (Å²) in [6, 6.07) is 5.97. The zero-order chi connectivity index (χ0) is 18.0. The van der Waals surface area contributed by atoms with E-state index in [1.54, 1.807) is 4.90 Å². The smallest absolute Gasteiger partial charge is 0.340 e. The van der Waals surface area contributed by atoms with Crippen molar-refractivity contribution < 1.29 is 9.59 Å². The molecule has 2 amide bonds. The second kappa shape index (κ2) is 6.92. The van der Waals surface area contributed by atoms with Gasteiger partial charge in [-0.2, -0.15) is 5.10 Å². The van der Waals surface area contributed by atoms with Gasteiger partial charge in [0.2, 0.25) is 11.8 Å². The van der Waals surface area contributed by atoms with Crippen LogP contribution in [0.4, 0.5) is 5.69 Å². The van der Waals surface area contributed by atoms with E-state index in [1.807, 2.05) is 32.0 Å². The zero-order valence-corrected chi connectivity index (χ0v) is 14.3. The Balaban J connectivity index is 1.70. The molecule has 2 heterocycles. The number of carbonyl (C=O) groups excluding carboxylic acids is 2. The number of carbonyl (C=O) groups is 2. The van der Waals surface area contributed by atoms with Crippen LogP contribution in [0.15, 0.2) is 23.0 Å². The second-order valence-electron chi connectivity index (χ2n) is 6.18. The van der Waals surface area contributed by atoms with Crippen molar-refractivity contribution >= 4 is 17.5 Å². The molecule has 0 saturated carbocycles. The quantitative estimate of drug-likeness (QED) is 0.739. The van der Waals surface area contributed by atoms with E-state index >= 15 is 0 Å². The molecule has 1 saturated heterocycles. The number of anilines is 1. The molecule has 1 aromatic heterocycles. The number of aryl methyl sites for hydroxylation is 2. The van der Waals surface area contributed by atoms with Gasteiger partial charge < -0.3 is 10.2 Å². The molecule has 1 aromatic carbocycles. The van der Waals surface area contributed by atoms with Gasteiger partial charge in [-0.25, -0.2) is 9.89 Å². The van der Waals surface area contributed by atoms with Gasteiger partial charge in [-0.05, 0) is 24.5 Å². The molecular weight excluding hydrogens is 322 g/mol. The summed E-state index contributed by atoms with van der Waals surface area (Å²) in [7, 11) is 0. The fourth-order valence-corrected chi connectivity index (χ4v) is 3.19. The minimum Gasteiger partial charge on any atom is -0.348 e. The average Bonchev–Trinajstić information content (AvgIpc) is 3.18. The van der Waals surface area contributed by atoms with Gasteiger partial charge in [-0.1, -0.05) is 25.1 Å². The first-order valence-electron chi connectivity index (χ1n) is 8.29. The number of para-hydroxylation sites is 1. The molecule has 3 rings (SSSR count). The van der Waals surface area contributed by atoms with Gasteiger partial charge in [0.05, 0.1) is 12.5 Å². The standard InChI is InChI=1S/C17H21N5O3/c1-3-11-6-4-5-10(2)15(11)22-9-12(7-14(22)23)16(24)18-8-13-19-17(25)21-20-13/h4-6,12H,3,7-9H2,1-2H3,(H,18,24)(H2,19,20,21,25)/t12-/m1/s1. The minimum absolute atomic E-state index is 0.0441.